The van der Waals surface area contributed by atoms with Crippen LogP contribution in [0.1, 0.15) is 19.3 Å². The van der Waals surface area contributed by atoms with Crippen LogP contribution >= 0.6 is 27.5 Å². The molecule has 88 valence electrons. The smallest absolute Gasteiger partial charge is 0.224 e. The molecule has 0 atom stereocenters. The van der Waals surface area contributed by atoms with Gasteiger partial charge in [-0.1, -0.05) is 27.5 Å². The zero-order valence-electron chi connectivity index (χ0n) is 8.60. The molecule has 1 amide bonds. The van der Waals surface area contributed by atoms with Gasteiger partial charge in [-0.25, -0.2) is 4.39 Å². The van der Waals surface area contributed by atoms with Gasteiger partial charge < -0.3 is 5.32 Å². The van der Waals surface area contributed by atoms with E-state index in [1.165, 1.54) is 12.1 Å². The van der Waals surface area contributed by atoms with Crippen molar-refractivity contribution in [2.75, 3.05) is 10.6 Å². The molecule has 5 heteroatoms. The highest BCUT2D eigenvalue weighted by atomic mass is 79.9. The maximum absolute atomic E-state index is 13.3. The van der Waals surface area contributed by atoms with Crippen LogP contribution < -0.4 is 5.32 Å². The summed E-state index contributed by atoms with van der Waals surface area (Å²) < 4.78 is 13.3. The molecule has 0 aliphatic carbocycles. The second-order valence-corrected chi connectivity index (χ2v) is 4.55. The molecule has 0 radical (unpaired) electrons. The Hall–Kier alpha value is -0.610. The number of alkyl halides is 1. The zero-order chi connectivity index (χ0) is 12.0. The summed E-state index contributed by atoms with van der Waals surface area (Å²) in [7, 11) is 0. The van der Waals surface area contributed by atoms with Crippen molar-refractivity contribution in [3.05, 3.63) is 29.0 Å². The normalized spacial score (nSPS) is 10.2. The Bertz CT molecular complexity index is 373. The largest absolute Gasteiger partial charge is 0.324 e. The van der Waals surface area contributed by atoms with Crippen molar-refractivity contribution in [2.24, 2.45) is 0 Å². The van der Waals surface area contributed by atoms with Gasteiger partial charge in [0.15, 0.2) is 0 Å². The van der Waals surface area contributed by atoms with Crippen LogP contribution in [0.15, 0.2) is 18.2 Å². The van der Waals surface area contributed by atoms with Crippen LogP contribution in [0.4, 0.5) is 10.1 Å². The Morgan fingerprint density at radius 1 is 1.44 bits per heavy atom. The maximum Gasteiger partial charge on any atom is 0.224 e. The van der Waals surface area contributed by atoms with E-state index in [-0.39, 0.29) is 11.6 Å². The SMILES string of the molecule is O=C(CCCCBr)Nc1ccc(Cl)cc1F. The molecule has 0 saturated carbocycles. The van der Waals surface area contributed by atoms with E-state index in [4.69, 9.17) is 11.6 Å². The van der Waals surface area contributed by atoms with Gasteiger partial charge in [0.1, 0.15) is 5.82 Å². The van der Waals surface area contributed by atoms with Gasteiger partial charge in [-0.3, -0.25) is 4.79 Å². The van der Waals surface area contributed by atoms with Crippen molar-refractivity contribution >= 4 is 39.1 Å². The average Bonchev–Trinajstić information content (AvgIpc) is 2.23. The van der Waals surface area contributed by atoms with Gasteiger partial charge >= 0.3 is 0 Å². The first-order chi connectivity index (χ1) is 7.63. The molecule has 1 rings (SSSR count). The molecule has 0 aromatic heterocycles. The number of hydrogen-bond donors (Lipinski definition) is 1. The number of benzene rings is 1. The number of carbonyl (C=O) groups excluding carboxylic acids is 1. The summed E-state index contributed by atoms with van der Waals surface area (Å²) in [4.78, 5) is 11.4. The van der Waals surface area contributed by atoms with Gasteiger partial charge in [0.2, 0.25) is 5.91 Å². The van der Waals surface area contributed by atoms with Gasteiger partial charge in [-0.2, -0.15) is 0 Å². The molecule has 0 heterocycles. The first kappa shape index (κ1) is 13.5. The highest BCUT2D eigenvalue weighted by Gasteiger charge is 2.06. The molecule has 1 aromatic carbocycles. The molecule has 0 aliphatic rings. The minimum absolute atomic E-state index is 0.174. The van der Waals surface area contributed by atoms with Gasteiger partial charge in [0.05, 0.1) is 5.69 Å². The molecule has 2 nitrogen and oxygen atoms in total. The third-order valence-electron chi connectivity index (χ3n) is 1.99. The molecule has 0 fully saturated rings. The summed E-state index contributed by atoms with van der Waals surface area (Å²) in [6.45, 7) is 0. The summed E-state index contributed by atoms with van der Waals surface area (Å²) >= 11 is 8.88. The van der Waals surface area contributed by atoms with E-state index < -0.39 is 5.82 Å². The lowest BCUT2D eigenvalue weighted by atomic mass is 10.2. The molecule has 1 aromatic rings. The maximum atomic E-state index is 13.3. The van der Waals surface area contributed by atoms with Gasteiger partial charge in [-0.15, -0.1) is 0 Å². The van der Waals surface area contributed by atoms with Crippen LogP contribution in [0, 0.1) is 5.82 Å². The van der Waals surface area contributed by atoms with Crippen LogP contribution in [-0.2, 0) is 4.79 Å². The van der Waals surface area contributed by atoms with Crippen molar-refractivity contribution in [2.45, 2.75) is 19.3 Å². The van der Waals surface area contributed by atoms with Crippen molar-refractivity contribution in [1.29, 1.82) is 0 Å². The first-order valence-corrected chi connectivity index (χ1v) is 6.44. The van der Waals surface area contributed by atoms with Crippen molar-refractivity contribution < 1.29 is 9.18 Å². The lowest BCUT2D eigenvalue weighted by Gasteiger charge is -2.06. The first-order valence-electron chi connectivity index (χ1n) is 4.94. The number of amides is 1. The number of anilines is 1. The monoisotopic (exact) mass is 307 g/mol. The number of hydrogen-bond acceptors (Lipinski definition) is 1. The second kappa shape index (κ2) is 6.86. The van der Waals surface area contributed by atoms with E-state index >= 15 is 0 Å². The predicted molar refractivity (Wildman–Crippen MR) is 67.7 cm³/mol. The topological polar surface area (TPSA) is 29.1 Å². The fourth-order valence-electron chi connectivity index (χ4n) is 1.18. The summed E-state index contributed by atoms with van der Waals surface area (Å²) in [6, 6.07) is 4.18. The van der Waals surface area contributed by atoms with Gasteiger partial charge in [-0.05, 0) is 31.0 Å². The molecule has 0 saturated heterocycles. The molecule has 0 spiro atoms. The summed E-state index contributed by atoms with van der Waals surface area (Å²) in [5, 5.41) is 3.69. The minimum Gasteiger partial charge on any atom is -0.324 e. The number of unbranched alkanes of at least 4 members (excludes halogenated alkanes) is 1. The molecular weight excluding hydrogens is 296 g/mol. The van der Waals surface area contributed by atoms with Crippen LogP contribution in [-0.4, -0.2) is 11.2 Å². The van der Waals surface area contributed by atoms with Crippen molar-refractivity contribution in [3.63, 3.8) is 0 Å². The second-order valence-electron chi connectivity index (χ2n) is 3.32. The summed E-state index contributed by atoms with van der Waals surface area (Å²) in [6.07, 6.45) is 2.11. The number of rotatable bonds is 5. The van der Waals surface area contributed by atoms with Crippen LogP contribution in [0.2, 0.25) is 5.02 Å². The van der Waals surface area contributed by atoms with Crippen LogP contribution in [0.3, 0.4) is 0 Å². The van der Waals surface area contributed by atoms with Crippen molar-refractivity contribution in [3.8, 4) is 0 Å². The molecule has 16 heavy (non-hydrogen) atoms. The zero-order valence-corrected chi connectivity index (χ0v) is 10.9. The third-order valence-corrected chi connectivity index (χ3v) is 2.79. The standard InChI is InChI=1S/C11H12BrClFNO/c12-6-2-1-3-11(16)15-10-5-4-8(13)7-9(10)14/h4-5,7H,1-3,6H2,(H,15,16). The fraction of sp³-hybridized carbons (Fsp3) is 0.364. The van der Waals surface area contributed by atoms with E-state index in [9.17, 15) is 9.18 Å². The molecule has 0 unspecified atom stereocenters. The van der Waals surface area contributed by atoms with Gasteiger partial charge in [0.25, 0.3) is 0 Å². The van der Waals surface area contributed by atoms with E-state index in [0.29, 0.717) is 11.4 Å². The van der Waals surface area contributed by atoms with E-state index in [2.05, 4.69) is 21.2 Å². The Morgan fingerprint density at radius 2 is 2.19 bits per heavy atom. The average molecular weight is 309 g/mol. The van der Waals surface area contributed by atoms with E-state index in [1.807, 2.05) is 0 Å². The molecule has 0 aliphatic heterocycles. The lowest BCUT2D eigenvalue weighted by Crippen LogP contribution is -2.12. The predicted octanol–water partition coefficient (Wildman–Crippen LogP) is 3.98. The molecule has 0 bridgehead atoms. The number of carbonyl (C=O) groups is 1. The summed E-state index contributed by atoms with van der Waals surface area (Å²) in [5.74, 6) is -0.691. The number of halogens is 3. The van der Waals surface area contributed by atoms with E-state index in [0.717, 1.165) is 18.2 Å². The quantitative estimate of drug-likeness (QED) is 0.647. The third kappa shape index (κ3) is 4.49. The Kier molecular flexibility index (Phi) is 5.77. The Morgan fingerprint density at radius 3 is 2.81 bits per heavy atom. The van der Waals surface area contributed by atoms with Crippen LogP contribution in [0.5, 0.6) is 0 Å². The Balaban J connectivity index is 2.49. The van der Waals surface area contributed by atoms with Gasteiger partial charge in [0, 0.05) is 16.8 Å². The molecular formula is C11H12BrClFNO. The summed E-state index contributed by atoms with van der Waals surface area (Å²) in [5.41, 5.74) is 0.174. The highest BCUT2D eigenvalue weighted by molar-refractivity contribution is 9.09. The highest BCUT2D eigenvalue weighted by Crippen LogP contribution is 2.19. The lowest BCUT2D eigenvalue weighted by molar-refractivity contribution is -0.116. The molecule has 1 N–H and O–H groups in total. The van der Waals surface area contributed by atoms with Crippen LogP contribution in [0.25, 0.3) is 0 Å². The Labute approximate surface area is 107 Å². The fourth-order valence-corrected chi connectivity index (χ4v) is 1.74. The van der Waals surface area contributed by atoms with E-state index in [1.54, 1.807) is 6.07 Å². The number of nitrogens with one attached hydrogen (secondary N) is 1. The van der Waals surface area contributed by atoms with Crippen molar-refractivity contribution in [1.82, 2.24) is 0 Å². The minimum atomic E-state index is -0.513.